The van der Waals surface area contributed by atoms with Gasteiger partial charge in [-0.05, 0) is 6.42 Å². The highest BCUT2D eigenvalue weighted by Gasteiger charge is 2.49. The third kappa shape index (κ3) is 1.24. The van der Waals surface area contributed by atoms with Gasteiger partial charge in [-0.25, -0.2) is 4.98 Å². The Balaban J connectivity index is 2.32. The van der Waals surface area contributed by atoms with Crippen molar-refractivity contribution in [3.63, 3.8) is 0 Å². The van der Waals surface area contributed by atoms with Crippen LogP contribution < -0.4 is 0 Å². The van der Waals surface area contributed by atoms with Crippen LogP contribution in [0.4, 0.5) is 0 Å². The third-order valence-electron chi connectivity index (χ3n) is 2.45. The van der Waals surface area contributed by atoms with Gasteiger partial charge in [-0.1, -0.05) is 6.92 Å². The summed E-state index contributed by atoms with van der Waals surface area (Å²) in [5.74, 6) is -0.836. The standard InChI is InChI=1S/C9H11NO3S/c1-2-7-10-6(3-14-7)9(8(11)12)4-13-5-9/h3H,2,4-5H2,1H3,(H,11,12). The van der Waals surface area contributed by atoms with Gasteiger partial charge in [0.2, 0.25) is 0 Å². The summed E-state index contributed by atoms with van der Waals surface area (Å²) in [5.41, 5.74) is -0.220. The number of aryl methyl sites for hydroxylation is 1. The lowest BCUT2D eigenvalue weighted by Gasteiger charge is -2.35. The van der Waals surface area contributed by atoms with Crippen LogP contribution in [-0.4, -0.2) is 29.3 Å². The maximum absolute atomic E-state index is 11.1. The molecule has 4 nitrogen and oxygen atoms in total. The molecule has 0 aromatic carbocycles. The number of carboxylic acid groups (broad SMARTS) is 1. The summed E-state index contributed by atoms with van der Waals surface area (Å²) < 4.78 is 4.98. The topological polar surface area (TPSA) is 59.4 Å². The number of carbonyl (C=O) groups is 1. The number of hydrogen-bond donors (Lipinski definition) is 1. The van der Waals surface area contributed by atoms with Crippen LogP contribution in [0.3, 0.4) is 0 Å². The molecule has 1 N–H and O–H groups in total. The molecule has 1 aromatic heterocycles. The molecule has 0 bridgehead atoms. The molecule has 0 unspecified atom stereocenters. The van der Waals surface area contributed by atoms with Crippen LogP contribution in [-0.2, 0) is 21.4 Å². The van der Waals surface area contributed by atoms with Crippen molar-refractivity contribution in [2.45, 2.75) is 18.8 Å². The Morgan fingerprint density at radius 1 is 1.79 bits per heavy atom. The van der Waals surface area contributed by atoms with E-state index in [-0.39, 0.29) is 13.2 Å². The lowest BCUT2D eigenvalue weighted by molar-refractivity contribution is -0.163. The Bertz CT molecular complexity index is 357. The molecule has 14 heavy (non-hydrogen) atoms. The van der Waals surface area contributed by atoms with Gasteiger partial charge in [0.05, 0.1) is 23.9 Å². The molecule has 1 saturated heterocycles. The minimum Gasteiger partial charge on any atom is -0.480 e. The van der Waals surface area contributed by atoms with Crippen LogP contribution in [0.2, 0.25) is 0 Å². The van der Waals surface area contributed by atoms with E-state index in [1.807, 2.05) is 12.3 Å². The summed E-state index contributed by atoms with van der Waals surface area (Å²) in [4.78, 5) is 15.4. The van der Waals surface area contributed by atoms with Crippen molar-refractivity contribution in [3.05, 3.63) is 16.1 Å². The van der Waals surface area contributed by atoms with E-state index in [2.05, 4.69) is 4.98 Å². The zero-order valence-corrected chi connectivity index (χ0v) is 8.63. The third-order valence-corrected chi connectivity index (χ3v) is 3.44. The Morgan fingerprint density at radius 3 is 2.86 bits per heavy atom. The molecule has 2 heterocycles. The van der Waals surface area contributed by atoms with Crippen molar-refractivity contribution in [1.82, 2.24) is 4.98 Å². The Kier molecular flexibility index (Phi) is 2.28. The van der Waals surface area contributed by atoms with Crippen molar-refractivity contribution >= 4 is 17.3 Å². The molecular formula is C9H11NO3S. The van der Waals surface area contributed by atoms with Crippen molar-refractivity contribution in [1.29, 1.82) is 0 Å². The number of ether oxygens (including phenoxy) is 1. The van der Waals surface area contributed by atoms with Crippen LogP contribution in [0.15, 0.2) is 5.38 Å². The van der Waals surface area contributed by atoms with Gasteiger partial charge in [0.25, 0.3) is 0 Å². The Labute approximate surface area is 85.5 Å². The van der Waals surface area contributed by atoms with Crippen LogP contribution in [0, 0.1) is 0 Å². The normalized spacial score (nSPS) is 18.9. The van der Waals surface area contributed by atoms with E-state index in [9.17, 15) is 4.79 Å². The number of hydrogen-bond acceptors (Lipinski definition) is 4. The smallest absolute Gasteiger partial charge is 0.320 e. The number of carboxylic acids is 1. The number of nitrogens with zero attached hydrogens (tertiary/aromatic N) is 1. The fourth-order valence-corrected chi connectivity index (χ4v) is 2.22. The average Bonchev–Trinajstić information content (AvgIpc) is 2.50. The first-order chi connectivity index (χ1) is 6.69. The first-order valence-electron chi connectivity index (χ1n) is 4.45. The summed E-state index contributed by atoms with van der Waals surface area (Å²) >= 11 is 1.51. The van der Waals surface area contributed by atoms with Crippen molar-refractivity contribution in [2.75, 3.05) is 13.2 Å². The Morgan fingerprint density at radius 2 is 2.50 bits per heavy atom. The summed E-state index contributed by atoms with van der Waals surface area (Å²) in [7, 11) is 0. The molecule has 1 aromatic rings. The average molecular weight is 213 g/mol. The first-order valence-corrected chi connectivity index (χ1v) is 5.33. The van der Waals surface area contributed by atoms with Crippen LogP contribution >= 0.6 is 11.3 Å². The molecule has 0 spiro atoms. The molecule has 0 amide bonds. The van der Waals surface area contributed by atoms with Gasteiger partial charge in [0.15, 0.2) is 5.41 Å². The molecule has 2 rings (SSSR count). The highest BCUT2D eigenvalue weighted by atomic mass is 32.1. The number of aliphatic carboxylic acids is 1. The molecule has 5 heteroatoms. The van der Waals surface area contributed by atoms with E-state index in [0.717, 1.165) is 11.4 Å². The van der Waals surface area contributed by atoms with E-state index in [1.54, 1.807) is 0 Å². The summed E-state index contributed by atoms with van der Waals surface area (Å²) in [5, 5.41) is 11.9. The minimum atomic E-state index is -0.871. The molecular weight excluding hydrogens is 202 g/mol. The molecule has 0 atom stereocenters. The van der Waals surface area contributed by atoms with Crippen LogP contribution in [0.25, 0.3) is 0 Å². The lowest BCUT2D eigenvalue weighted by Crippen LogP contribution is -2.53. The van der Waals surface area contributed by atoms with E-state index in [0.29, 0.717) is 5.69 Å². The highest BCUT2D eigenvalue weighted by Crippen LogP contribution is 2.33. The number of rotatable bonds is 3. The second-order valence-corrected chi connectivity index (χ2v) is 4.30. The van der Waals surface area contributed by atoms with Gasteiger partial charge in [0.1, 0.15) is 0 Å². The fraction of sp³-hybridized carbons (Fsp3) is 0.556. The predicted octanol–water partition coefficient (Wildman–Crippen LogP) is 1.06. The molecule has 0 saturated carbocycles. The second kappa shape index (κ2) is 3.33. The summed E-state index contributed by atoms with van der Waals surface area (Å²) in [6.45, 7) is 2.50. The SMILES string of the molecule is CCc1nc(C2(C(=O)O)COC2)cs1. The number of aromatic nitrogens is 1. The van der Waals surface area contributed by atoms with Crippen molar-refractivity contribution in [2.24, 2.45) is 0 Å². The quantitative estimate of drug-likeness (QED) is 0.815. The predicted molar refractivity (Wildman–Crippen MR) is 51.6 cm³/mol. The lowest BCUT2D eigenvalue weighted by atomic mass is 9.83. The minimum absolute atomic E-state index is 0.245. The fourth-order valence-electron chi connectivity index (χ4n) is 1.38. The zero-order chi connectivity index (χ0) is 10.2. The van der Waals surface area contributed by atoms with E-state index < -0.39 is 11.4 Å². The van der Waals surface area contributed by atoms with Gasteiger partial charge < -0.3 is 9.84 Å². The van der Waals surface area contributed by atoms with E-state index in [1.165, 1.54) is 11.3 Å². The van der Waals surface area contributed by atoms with Crippen LogP contribution in [0.5, 0.6) is 0 Å². The molecule has 1 aliphatic rings. The van der Waals surface area contributed by atoms with Crippen LogP contribution in [0.1, 0.15) is 17.6 Å². The zero-order valence-electron chi connectivity index (χ0n) is 7.82. The first kappa shape index (κ1) is 9.61. The highest BCUT2D eigenvalue weighted by molar-refractivity contribution is 7.09. The van der Waals surface area contributed by atoms with Crippen molar-refractivity contribution < 1.29 is 14.6 Å². The van der Waals surface area contributed by atoms with Gasteiger partial charge >= 0.3 is 5.97 Å². The Hall–Kier alpha value is -0.940. The molecule has 0 radical (unpaired) electrons. The van der Waals surface area contributed by atoms with Gasteiger partial charge in [0, 0.05) is 5.38 Å². The number of thiazole rings is 1. The summed E-state index contributed by atoms with van der Waals surface area (Å²) in [6, 6.07) is 0. The molecule has 1 aliphatic heterocycles. The van der Waals surface area contributed by atoms with Gasteiger partial charge in [-0.2, -0.15) is 0 Å². The maximum Gasteiger partial charge on any atom is 0.320 e. The van der Waals surface area contributed by atoms with Gasteiger partial charge in [-0.3, -0.25) is 4.79 Å². The maximum atomic E-state index is 11.1. The molecule has 1 fully saturated rings. The molecule has 0 aliphatic carbocycles. The molecule has 76 valence electrons. The van der Waals surface area contributed by atoms with Gasteiger partial charge in [-0.15, -0.1) is 11.3 Å². The van der Waals surface area contributed by atoms with Crippen molar-refractivity contribution in [3.8, 4) is 0 Å². The van der Waals surface area contributed by atoms with E-state index in [4.69, 9.17) is 9.84 Å². The monoisotopic (exact) mass is 213 g/mol. The second-order valence-electron chi connectivity index (χ2n) is 3.36. The van der Waals surface area contributed by atoms with E-state index >= 15 is 0 Å². The largest absolute Gasteiger partial charge is 0.480 e. The summed E-state index contributed by atoms with van der Waals surface area (Å²) in [6.07, 6.45) is 0.848.